The van der Waals surface area contributed by atoms with Gasteiger partial charge in [0.25, 0.3) is 0 Å². The summed E-state index contributed by atoms with van der Waals surface area (Å²) in [7, 11) is -1.54. The Balaban J connectivity index is 0. The van der Waals surface area contributed by atoms with Crippen LogP contribution in [0.25, 0.3) is 0 Å². The first kappa shape index (κ1) is 28.4. The van der Waals surface area contributed by atoms with Gasteiger partial charge in [-0.05, 0) is 19.0 Å². The maximum absolute atomic E-state index is 12.4. The molecule has 0 aliphatic rings. The van der Waals surface area contributed by atoms with E-state index in [0.717, 1.165) is 5.56 Å². The largest absolute Gasteiger partial charge is 1.00 e. The van der Waals surface area contributed by atoms with Crippen molar-refractivity contribution in [1.29, 1.82) is 0 Å². The van der Waals surface area contributed by atoms with Crippen LogP contribution in [-0.2, 0) is 16.0 Å². The molecule has 0 heterocycles. The second-order valence-electron chi connectivity index (χ2n) is 5.63. The van der Waals surface area contributed by atoms with Gasteiger partial charge in [0.1, 0.15) is 11.3 Å². The third-order valence-corrected chi connectivity index (χ3v) is 4.76. The first-order valence-electron chi connectivity index (χ1n) is 7.51. The van der Waals surface area contributed by atoms with Crippen molar-refractivity contribution in [3.63, 3.8) is 0 Å². The van der Waals surface area contributed by atoms with Crippen LogP contribution in [0.4, 0.5) is 0 Å². The third kappa shape index (κ3) is 8.93. The zero-order chi connectivity index (χ0) is 18.3. The van der Waals surface area contributed by atoms with E-state index in [4.69, 9.17) is 0 Å². The number of benzene rings is 1. The Morgan fingerprint density at radius 3 is 2.04 bits per heavy atom. The molecule has 0 fully saturated rings. The molecular formula is C16H21N2Na2O5P. The van der Waals surface area contributed by atoms with E-state index in [-0.39, 0.29) is 64.4 Å². The van der Waals surface area contributed by atoms with Crippen molar-refractivity contribution < 1.29 is 83.6 Å². The molecule has 2 N–H and O–H groups in total. The summed E-state index contributed by atoms with van der Waals surface area (Å²) in [5.74, 6) is -2.82. The molecule has 0 aromatic heterocycles. The van der Waals surface area contributed by atoms with Crippen molar-refractivity contribution in [2.75, 3.05) is 7.05 Å². The minimum atomic E-state index is -3.12. The fraction of sp³-hybridized carbons (Fsp3) is 0.438. The molecule has 7 nitrogen and oxygen atoms in total. The number of carbonyl (C=O) groups is 2. The number of carboxylic acids is 1. The molecule has 0 saturated carbocycles. The molecule has 0 saturated heterocycles. The monoisotopic (exact) mass is 398 g/mol. The number of aliphatic carboxylic acids is 1. The summed E-state index contributed by atoms with van der Waals surface area (Å²) in [4.78, 5) is 46.4. The van der Waals surface area contributed by atoms with Gasteiger partial charge < -0.3 is 30.3 Å². The summed E-state index contributed by atoms with van der Waals surface area (Å²) in [6, 6.07) is 6.81. The van der Waals surface area contributed by atoms with Crippen molar-refractivity contribution in [2.24, 2.45) is 5.92 Å². The predicted molar refractivity (Wildman–Crippen MR) is 86.7 cm³/mol. The Morgan fingerprint density at radius 1 is 1.12 bits per heavy atom. The first-order valence-corrected chi connectivity index (χ1v) is 8.69. The number of likely N-dealkylation sites (N-methyl/N-ethyl adjacent to an activating group) is 1. The normalized spacial score (nSPS) is 12.2. The molecule has 0 unspecified atom stereocenters. The van der Waals surface area contributed by atoms with E-state index >= 15 is 0 Å². The molecule has 10 heteroatoms. The van der Waals surface area contributed by atoms with Crippen LogP contribution in [-0.4, -0.2) is 36.3 Å². The molecule has 1 amide bonds. The van der Waals surface area contributed by atoms with E-state index in [1.807, 2.05) is 30.3 Å². The van der Waals surface area contributed by atoms with Crippen molar-refractivity contribution in [2.45, 2.75) is 32.4 Å². The van der Waals surface area contributed by atoms with Gasteiger partial charge in [0.05, 0.1) is 12.0 Å². The summed E-state index contributed by atoms with van der Waals surface area (Å²) in [5, 5.41) is 16.1. The van der Waals surface area contributed by atoms with Gasteiger partial charge in [-0.25, -0.2) is 0 Å². The summed E-state index contributed by atoms with van der Waals surface area (Å²) in [5.41, 5.74) is 0.889. The van der Waals surface area contributed by atoms with Gasteiger partial charge in [0.15, 0.2) is 0 Å². The number of hydrogen-bond donors (Lipinski definition) is 2. The Labute approximate surface area is 199 Å². The zero-order valence-corrected chi connectivity index (χ0v) is 20.7. The Hall–Kier alpha value is 0.210. The molecule has 1 rings (SSSR count). The van der Waals surface area contributed by atoms with Gasteiger partial charge in [-0.3, -0.25) is 4.79 Å². The third-order valence-electron chi connectivity index (χ3n) is 3.57. The Bertz CT molecular complexity index is 610. The molecule has 0 aliphatic carbocycles. The molecule has 2 atom stereocenters. The molecule has 26 heavy (non-hydrogen) atoms. The fourth-order valence-electron chi connectivity index (χ4n) is 2.32. The van der Waals surface area contributed by atoms with Crippen LogP contribution in [0.2, 0.25) is 0 Å². The van der Waals surface area contributed by atoms with E-state index in [1.165, 1.54) is 0 Å². The van der Waals surface area contributed by atoms with Gasteiger partial charge in [-0.15, -0.1) is 0 Å². The predicted octanol–water partition coefficient (Wildman–Crippen LogP) is -8.08. The van der Waals surface area contributed by atoms with E-state index in [9.17, 15) is 24.5 Å². The average molecular weight is 398 g/mol. The molecule has 0 aliphatic heterocycles. The first-order chi connectivity index (χ1) is 11.3. The van der Waals surface area contributed by atoms with Crippen molar-refractivity contribution in [1.82, 2.24) is 10.6 Å². The second-order valence-corrected chi connectivity index (χ2v) is 6.66. The van der Waals surface area contributed by atoms with E-state index < -0.39 is 37.9 Å². The molecular weight excluding hydrogens is 377 g/mol. The molecule has 0 bridgehead atoms. The molecule has 1 aromatic carbocycles. The van der Waals surface area contributed by atoms with Crippen LogP contribution in [0.5, 0.6) is 0 Å². The Morgan fingerprint density at radius 2 is 1.65 bits per heavy atom. The van der Waals surface area contributed by atoms with Gasteiger partial charge in [-0.2, -0.15) is 0 Å². The molecule has 1 aromatic rings. The summed E-state index contributed by atoms with van der Waals surface area (Å²) >= 11 is 0. The molecule has 0 spiro atoms. The molecule has 132 valence electrons. The summed E-state index contributed by atoms with van der Waals surface area (Å²) in [6.45, 7) is 3.09. The van der Waals surface area contributed by atoms with Gasteiger partial charge in [-0.1, -0.05) is 44.2 Å². The quantitative estimate of drug-likeness (QED) is 0.331. The van der Waals surface area contributed by atoms with Crippen LogP contribution in [0.1, 0.15) is 19.4 Å². The number of rotatable bonds is 8. The van der Waals surface area contributed by atoms with Crippen LogP contribution in [0, 0.1) is 5.92 Å². The minimum Gasteiger partial charge on any atom is -0.633 e. The van der Waals surface area contributed by atoms with Crippen LogP contribution >= 0.6 is 8.00 Å². The Kier molecular flexibility index (Phi) is 15.6. The van der Waals surface area contributed by atoms with Gasteiger partial charge >= 0.3 is 59.1 Å². The van der Waals surface area contributed by atoms with Crippen molar-refractivity contribution >= 4 is 25.2 Å². The van der Waals surface area contributed by atoms with Crippen LogP contribution < -0.4 is 84.6 Å². The maximum Gasteiger partial charge on any atom is 1.00 e. The standard InChI is InChI=1S/C16H23N2O5P.2Na/c1-10(2)14(24(22)23)13(16(20)21)18-15(19)12(17-3)9-11-7-5-4-6-8-11;;/h4-8,10,12-13,17H,9H2,1-3H3,(H,18,19)(H,20,21)(H,22,23);;/q;2*+1/p-2/t12-,13-;;/m0../s1. The van der Waals surface area contributed by atoms with Gasteiger partial charge in [0.2, 0.25) is 5.91 Å². The minimum absolute atomic E-state index is 0. The topological polar surface area (TPSA) is 127 Å². The van der Waals surface area contributed by atoms with E-state index in [0.29, 0.717) is 6.42 Å². The van der Waals surface area contributed by atoms with Crippen molar-refractivity contribution in [3.8, 4) is 0 Å². The average Bonchev–Trinajstić information content (AvgIpc) is 2.51. The SMILES string of the molecule is CN[C@@H](Cc1ccccc1)C(=O)N[C@H](C(=O)[O-])C(C(C)C)=[P+]([O-])[O-].[Na+].[Na+]. The summed E-state index contributed by atoms with van der Waals surface area (Å²) < 4.78 is 0. The van der Waals surface area contributed by atoms with E-state index in [1.54, 1.807) is 20.9 Å². The van der Waals surface area contributed by atoms with E-state index in [2.05, 4.69) is 10.6 Å². The number of amides is 1. The summed E-state index contributed by atoms with van der Waals surface area (Å²) in [6.07, 6.45) is 0.337. The second kappa shape index (κ2) is 14.2. The van der Waals surface area contributed by atoms with Crippen LogP contribution in [0.3, 0.4) is 0 Å². The smallest absolute Gasteiger partial charge is 0.633 e. The molecule has 0 radical (unpaired) electrons. The number of hydrogen-bond acceptors (Lipinski definition) is 6. The van der Waals surface area contributed by atoms with Gasteiger partial charge in [0, 0.05) is 13.9 Å². The van der Waals surface area contributed by atoms with Crippen molar-refractivity contribution in [3.05, 3.63) is 35.9 Å². The zero-order valence-electron chi connectivity index (χ0n) is 15.8. The van der Waals surface area contributed by atoms with Crippen LogP contribution in [0.15, 0.2) is 30.3 Å². The fourth-order valence-corrected chi connectivity index (χ4v) is 3.12. The maximum atomic E-state index is 12.4. The number of carboxylic acid groups (broad SMARTS) is 1. The number of nitrogens with one attached hydrogen (secondary N) is 2. The number of carbonyl (C=O) groups excluding carboxylic acids is 2.